The predicted molar refractivity (Wildman–Crippen MR) is 185 cm³/mol. The second-order valence-corrected chi connectivity index (χ2v) is 13.0. The van der Waals surface area contributed by atoms with Gasteiger partial charge in [-0.15, -0.1) is 0 Å². The highest BCUT2D eigenvalue weighted by Gasteiger charge is 2.47. The molecule has 2 aliphatic heterocycles. The van der Waals surface area contributed by atoms with Gasteiger partial charge in [0.1, 0.15) is 0 Å². The SMILES string of the molecule is CC(/C=C/C=C(C)/C=C/C=C(\C)CCC1OC1(C)C)=C\C=C\C=C(C)\C=C\C=C(C)\C=C\C=C(/C)CCC1OC1(C)C. The van der Waals surface area contributed by atoms with Gasteiger partial charge in [0, 0.05) is 0 Å². The standard InChI is InChI=1S/C40H56O2/c1-31(19-13-21-33(3)23-15-25-35(5)27-29-37-39(7,8)41-37)17-11-12-18-32(2)20-14-22-34(4)24-16-26-36(6)28-30-38-40(9,10)42-38/h11-26,37-38H,27-30H2,1-10H3/b12-11+,19-13+,20-14+,23-15+,24-16+,31-17+,32-18+,33-21+,34-22+,35-25+,36-26+. The molecule has 2 atom stereocenters. The number of ether oxygens (including phenoxy) is 2. The number of hydrogen-bond acceptors (Lipinski definition) is 2. The van der Waals surface area contributed by atoms with Crippen molar-refractivity contribution in [2.75, 3.05) is 0 Å². The monoisotopic (exact) mass is 568 g/mol. The molecule has 228 valence electrons. The molecule has 2 heterocycles. The Bertz CT molecular complexity index is 1130. The highest BCUT2D eigenvalue weighted by molar-refractivity contribution is 5.32. The van der Waals surface area contributed by atoms with E-state index in [1.54, 1.807) is 0 Å². The Hall–Kier alpha value is -2.94. The normalized spacial score (nSPS) is 24.0. The maximum atomic E-state index is 5.67. The van der Waals surface area contributed by atoms with Crippen LogP contribution in [0.3, 0.4) is 0 Å². The van der Waals surface area contributed by atoms with E-state index in [0.29, 0.717) is 12.2 Å². The second-order valence-electron chi connectivity index (χ2n) is 13.0. The van der Waals surface area contributed by atoms with E-state index >= 15 is 0 Å². The first-order valence-electron chi connectivity index (χ1n) is 15.5. The first-order valence-corrected chi connectivity index (χ1v) is 15.5. The fourth-order valence-corrected chi connectivity index (χ4v) is 4.43. The molecule has 2 heteroatoms. The molecule has 0 spiro atoms. The Labute approximate surface area is 258 Å². The van der Waals surface area contributed by atoms with Crippen molar-refractivity contribution in [3.8, 4) is 0 Å². The van der Waals surface area contributed by atoms with Gasteiger partial charge in [0.2, 0.25) is 0 Å². The third-order valence-electron chi connectivity index (χ3n) is 7.68. The zero-order valence-corrected chi connectivity index (χ0v) is 28.0. The average Bonchev–Trinajstić information content (AvgIpc) is 3.75. The van der Waals surface area contributed by atoms with Crippen molar-refractivity contribution >= 4 is 0 Å². The van der Waals surface area contributed by atoms with Crippen LogP contribution in [0.15, 0.2) is 131 Å². The Balaban J connectivity index is 1.70. The maximum Gasteiger partial charge on any atom is 0.0892 e. The lowest BCUT2D eigenvalue weighted by Crippen LogP contribution is -2.02. The number of allylic oxidation sites excluding steroid dienone is 22. The summed E-state index contributed by atoms with van der Waals surface area (Å²) in [6.45, 7) is 21.5. The van der Waals surface area contributed by atoms with Crippen molar-refractivity contribution in [1.82, 2.24) is 0 Å². The molecule has 42 heavy (non-hydrogen) atoms. The van der Waals surface area contributed by atoms with Crippen molar-refractivity contribution in [3.63, 3.8) is 0 Å². The summed E-state index contributed by atoms with van der Waals surface area (Å²) >= 11 is 0. The first kappa shape index (κ1) is 35.3. The summed E-state index contributed by atoms with van der Waals surface area (Å²) in [6, 6.07) is 0. The Morgan fingerprint density at radius 2 is 0.714 bits per heavy atom. The van der Waals surface area contributed by atoms with Crippen LogP contribution in [0.2, 0.25) is 0 Å². The summed E-state index contributed by atoms with van der Waals surface area (Å²) < 4.78 is 11.3. The highest BCUT2D eigenvalue weighted by Crippen LogP contribution is 2.39. The number of epoxide rings is 2. The second kappa shape index (κ2) is 17.2. The Morgan fingerprint density at radius 1 is 0.452 bits per heavy atom. The van der Waals surface area contributed by atoms with E-state index in [9.17, 15) is 0 Å². The van der Waals surface area contributed by atoms with E-state index < -0.39 is 0 Å². The van der Waals surface area contributed by atoms with Crippen LogP contribution in [0.1, 0.15) is 94.9 Å². The molecular formula is C40H56O2. The van der Waals surface area contributed by atoms with Gasteiger partial charge in [-0.3, -0.25) is 0 Å². The topological polar surface area (TPSA) is 25.1 Å². The van der Waals surface area contributed by atoms with Crippen LogP contribution in [-0.4, -0.2) is 23.4 Å². The number of hydrogen-bond donors (Lipinski definition) is 0. The molecule has 0 aromatic carbocycles. The van der Waals surface area contributed by atoms with Gasteiger partial charge in [-0.25, -0.2) is 0 Å². The van der Waals surface area contributed by atoms with Crippen LogP contribution in [0, 0.1) is 0 Å². The zero-order chi connectivity index (χ0) is 31.2. The average molecular weight is 569 g/mol. The fraction of sp³-hybridized carbons (Fsp3) is 0.450. The van der Waals surface area contributed by atoms with Crippen molar-refractivity contribution in [3.05, 3.63) is 131 Å². The van der Waals surface area contributed by atoms with Crippen molar-refractivity contribution < 1.29 is 9.47 Å². The van der Waals surface area contributed by atoms with E-state index in [1.807, 2.05) is 0 Å². The summed E-state index contributed by atoms with van der Waals surface area (Å²) in [7, 11) is 0. The van der Waals surface area contributed by atoms with Gasteiger partial charge in [-0.2, -0.15) is 0 Å². The minimum Gasteiger partial charge on any atom is -0.367 e. The minimum atomic E-state index is 0.0907. The van der Waals surface area contributed by atoms with Crippen LogP contribution in [0.25, 0.3) is 0 Å². The molecule has 0 bridgehead atoms. The van der Waals surface area contributed by atoms with E-state index in [4.69, 9.17) is 9.47 Å². The lowest BCUT2D eigenvalue weighted by Gasteiger charge is -1.98. The molecule has 0 aliphatic carbocycles. The third-order valence-corrected chi connectivity index (χ3v) is 7.68. The predicted octanol–water partition coefficient (Wildman–Crippen LogP) is 11.4. The molecule has 0 radical (unpaired) electrons. The molecule has 2 rings (SSSR count). The highest BCUT2D eigenvalue weighted by atomic mass is 16.6. The summed E-state index contributed by atoms with van der Waals surface area (Å²) in [4.78, 5) is 0. The Kier molecular flexibility index (Phi) is 14.5. The van der Waals surface area contributed by atoms with E-state index in [0.717, 1.165) is 25.7 Å². The smallest absolute Gasteiger partial charge is 0.0892 e. The van der Waals surface area contributed by atoms with Crippen molar-refractivity contribution in [2.45, 2.75) is 118 Å². The van der Waals surface area contributed by atoms with Crippen LogP contribution < -0.4 is 0 Å². The molecule has 0 aromatic rings. The summed E-state index contributed by atoms with van der Waals surface area (Å²) in [6.07, 6.45) is 39.5. The molecule has 2 unspecified atom stereocenters. The largest absolute Gasteiger partial charge is 0.367 e. The molecule has 2 saturated heterocycles. The van der Waals surface area contributed by atoms with Gasteiger partial charge in [-0.05, 0) is 94.9 Å². The summed E-state index contributed by atoms with van der Waals surface area (Å²) in [5.41, 5.74) is 7.84. The van der Waals surface area contributed by atoms with Gasteiger partial charge >= 0.3 is 0 Å². The summed E-state index contributed by atoms with van der Waals surface area (Å²) in [5.74, 6) is 0. The zero-order valence-electron chi connectivity index (χ0n) is 28.0. The lowest BCUT2D eigenvalue weighted by molar-refractivity contribution is 0.319. The minimum absolute atomic E-state index is 0.0907. The molecule has 2 fully saturated rings. The van der Waals surface area contributed by atoms with Crippen LogP contribution >= 0.6 is 0 Å². The fourth-order valence-electron chi connectivity index (χ4n) is 4.43. The van der Waals surface area contributed by atoms with Gasteiger partial charge in [0.05, 0.1) is 23.4 Å². The van der Waals surface area contributed by atoms with Crippen LogP contribution in [0.5, 0.6) is 0 Å². The molecule has 0 amide bonds. The van der Waals surface area contributed by atoms with Gasteiger partial charge < -0.3 is 9.47 Å². The summed E-state index contributed by atoms with van der Waals surface area (Å²) in [5, 5.41) is 0. The lowest BCUT2D eigenvalue weighted by atomic mass is 10.0. The molecule has 0 aromatic heterocycles. The van der Waals surface area contributed by atoms with Gasteiger partial charge in [0.25, 0.3) is 0 Å². The van der Waals surface area contributed by atoms with Crippen molar-refractivity contribution in [2.24, 2.45) is 0 Å². The van der Waals surface area contributed by atoms with E-state index in [1.165, 1.54) is 33.4 Å². The molecule has 2 aliphatic rings. The van der Waals surface area contributed by atoms with Crippen LogP contribution in [-0.2, 0) is 9.47 Å². The van der Waals surface area contributed by atoms with Gasteiger partial charge in [0.15, 0.2) is 0 Å². The van der Waals surface area contributed by atoms with E-state index in [-0.39, 0.29) is 11.2 Å². The molecule has 0 N–H and O–H groups in total. The Morgan fingerprint density at radius 3 is 1.00 bits per heavy atom. The molecular weight excluding hydrogens is 512 g/mol. The van der Waals surface area contributed by atoms with Crippen LogP contribution in [0.4, 0.5) is 0 Å². The quantitative estimate of drug-likeness (QED) is 0.137. The van der Waals surface area contributed by atoms with E-state index in [2.05, 4.69) is 166 Å². The number of rotatable bonds is 16. The maximum absolute atomic E-state index is 5.67. The van der Waals surface area contributed by atoms with Crippen molar-refractivity contribution in [1.29, 1.82) is 0 Å². The first-order chi connectivity index (χ1) is 19.8. The molecule has 0 saturated carbocycles. The van der Waals surface area contributed by atoms with Gasteiger partial charge in [-0.1, -0.05) is 131 Å². The molecule has 2 nitrogen and oxygen atoms in total. The third kappa shape index (κ3) is 15.3.